The summed E-state index contributed by atoms with van der Waals surface area (Å²) >= 11 is 0. The van der Waals surface area contributed by atoms with Crippen LogP contribution >= 0.6 is 0 Å². The van der Waals surface area contributed by atoms with Crippen molar-refractivity contribution in [3.8, 4) is 0 Å². The smallest absolute Gasteiger partial charge is 0.220 e. The Morgan fingerprint density at radius 3 is 2.45 bits per heavy atom. The van der Waals surface area contributed by atoms with Crippen LogP contribution in [0.2, 0.25) is 0 Å². The molecule has 2 rings (SSSR count). The van der Waals surface area contributed by atoms with Crippen LogP contribution in [-0.2, 0) is 4.79 Å². The Labute approximate surface area is 133 Å². The molecule has 1 amide bonds. The normalized spacial score (nSPS) is 15.0. The summed E-state index contributed by atoms with van der Waals surface area (Å²) in [4.78, 5) is 23.8. The summed E-state index contributed by atoms with van der Waals surface area (Å²) in [6, 6.07) is 7.51. The molecule has 1 aromatic carbocycles. The van der Waals surface area contributed by atoms with Crippen molar-refractivity contribution in [3.05, 3.63) is 35.4 Å². The fourth-order valence-corrected chi connectivity index (χ4v) is 3.12. The molecule has 1 saturated carbocycles. The molecule has 0 unspecified atom stereocenters. The van der Waals surface area contributed by atoms with Crippen molar-refractivity contribution in [2.24, 2.45) is 5.92 Å². The fraction of sp³-hybridized carbons (Fsp3) is 0.579. The van der Waals surface area contributed by atoms with Gasteiger partial charge >= 0.3 is 0 Å². The lowest BCUT2D eigenvalue weighted by Gasteiger charge is -2.09. The molecule has 0 spiro atoms. The molecule has 0 aromatic heterocycles. The number of ketones is 1. The van der Waals surface area contributed by atoms with E-state index in [1.54, 1.807) is 0 Å². The number of Topliss-reactive ketones (excluding diaryl/α,β-unsaturated/α-hetero) is 1. The van der Waals surface area contributed by atoms with Gasteiger partial charge in [-0.05, 0) is 25.7 Å². The second-order valence-electron chi connectivity index (χ2n) is 6.43. The van der Waals surface area contributed by atoms with Gasteiger partial charge in [0.05, 0.1) is 0 Å². The molecule has 1 aromatic rings. The highest BCUT2D eigenvalue weighted by molar-refractivity contribution is 5.97. The summed E-state index contributed by atoms with van der Waals surface area (Å²) in [7, 11) is 0. The predicted octanol–water partition coefficient (Wildman–Crippen LogP) is 4.04. The Balaban J connectivity index is 1.58. The number of aryl methyl sites for hydroxylation is 1. The van der Waals surface area contributed by atoms with E-state index in [4.69, 9.17) is 0 Å². The van der Waals surface area contributed by atoms with Crippen LogP contribution in [0.15, 0.2) is 24.3 Å². The third kappa shape index (κ3) is 5.63. The van der Waals surface area contributed by atoms with Gasteiger partial charge in [0.2, 0.25) is 5.91 Å². The highest BCUT2D eigenvalue weighted by Gasteiger charge is 2.14. The molecule has 0 saturated heterocycles. The van der Waals surface area contributed by atoms with Crippen LogP contribution < -0.4 is 5.32 Å². The van der Waals surface area contributed by atoms with Crippen LogP contribution in [-0.4, -0.2) is 18.2 Å². The summed E-state index contributed by atoms with van der Waals surface area (Å²) in [6.07, 6.45) is 8.33. The quantitative estimate of drug-likeness (QED) is 0.581. The van der Waals surface area contributed by atoms with Crippen molar-refractivity contribution in [3.63, 3.8) is 0 Å². The molecule has 3 nitrogen and oxygen atoms in total. The second-order valence-corrected chi connectivity index (χ2v) is 6.43. The zero-order valence-electron chi connectivity index (χ0n) is 13.6. The zero-order chi connectivity index (χ0) is 15.8. The minimum Gasteiger partial charge on any atom is -0.356 e. The summed E-state index contributed by atoms with van der Waals surface area (Å²) < 4.78 is 0. The number of nitrogens with one attached hydrogen (secondary N) is 1. The maximum atomic E-state index is 12.0. The van der Waals surface area contributed by atoms with E-state index in [0.717, 1.165) is 24.4 Å². The van der Waals surface area contributed by atoms with Gasteiger partial charge < -0.3 is 5.32 Å². The Hall–Kier alpha value is -1.64. The van der Waals surface area contributed by atoms with Crippen LogP contribution in [0.3, 0.4) is 0 Å². The van der Waals surface area contributed by atoms with Gasteiger partial charge in [-0.2, -0.15) is 0 Å². The molecule has 3 heteroatoms. The van der Waals surface area contributed by atoms with Gasteiger partial charge in [0, 0.05) is 24.9 Å². The first kappa shape index (κ1) is 16.7. The van der Waals surface area contributed by atoms with Crippen molar-refractivity contribution < 1.29 is 9.59 Å². The Bertz CT molecular complexity index is 487. The molecule has 22 heavy (non-hydrogen) atoms. The third-order valence-electron chi connectivity index (χ3n) is 4.54. The van der Waals surface area contributed by atoms with Gasteiger partial charge in [-0.25, -0.2) is 0 Å². The highest BCUT2D eigenvalue weighted by Crippen LogP contribution is 2.28. The van der Waals surface area contributed by atoms with E-state index in [-0.39, 0.29) is 24.5 Å². The number of carbonyl (C=O) groups excluding carboxylic acids is 2. The molecule has 1 aliphatic carbocycles. The van der Waals surface area contributed by atoms with Crippen molar-refractivity contribution in [1.29, 1.82) is 0 Å². The maximum absolute atomic E-state index is 12.0. The first-order valence-corrected chi connectivity index (χ1v) is 8.52. The number of benzene rings is 1. The van der Waals surface area contributed by atoms with Gasteiger partial charge in [-0.3, -0.25) is 9.59 Å². The number of hydrogen-bond donors (Lipinski definition) is 1. The molecular formula is C19H27NO2. The molecule has 0 bridgehead atoms. The second kappa shape index (κ2) is 8.72. The largest absolute Gasteiger partial charge is 0.356 e. The maximum Gasteiger partial charge on any atom is 0.220 e. The van der Waals surface area contributed by atoms with Gasteiger partial charge in [-0.1, -0.05) is 55.5 Å². The number of amides is 1. The van der Waals surface area contributed by atoms with Gasteiger partial charge in [0.25, 0.3) is 0 Å². The lowest BCUT2D eigenvalue weighted by atomic mass is 10.0. The molecule has 0 aliphatic heterocycles. The summed E-state index contributed by atoms with van der Waals surface area (Å²) in [5, 5.41) is 2.93. The average molecular weight is 301 g/mol. The van der Waals surface area contributed by atoms with E-state index in [2.05, 4.69) is 5.32 Å². The molecule has 1 N–H and O–H groups in total. The minimum atomic E-state index is -0.00752. The fourth-order valence-electron chi connectivity index (χ4n) is 3.12. The van der Waals surface area contributed by atoms with Crippen molar-refractivity contribution in [2.75, 3.05) is 6.54 Å². The molecular weight excluding hydrogens is 274 g/mol. The zero-order valence-corrected chi connectivity index (χ0v) is 13.6. The molecule has 0 radical (unpaired) electrons. The minimum absolute atomic E-state index is 0.00752. The van der Waals surface area contributed by atoms with Crippen molar-refractivity contribution in [1.82, 2.24) is 5.32 Å². The Morgan fingerprint density at radius 2 is 1.77 bits per heavy atom. The van der Waals surface area contributed by atoms with Crippen LogP contribution in [0.1, 0.15) is 67.3 Å². The lowest BCUT2D eigenvalue weighted by molar-refractivity contribution is -0.121. The van der Waals surface area contributed by atoms with E-state index < -0.39 is 0 Å². The lowest BCUT2D eigenvalue weighted by Crippen LogP contribution is -2.25. The van der Waals surface area contributed by atoms with Gasteiger partial charge in [0.15, 0.2) is 5.78 Å². The van der Waals surface area contributed by atoms with Gasteiger partial charge in [0.1, 0.15) is 0 Å². The molecule has 1 aliphatic rings. The topological polar surface area (TPSA) is 46.2 Å². The molecule has 1 fully saturated rings. The third-order valence-corrected chi connectivity index (χ3v) is 4.54. The summed E-state index contributed by atoms with van der Waals surface area (Å²) in [5.41, 5.74) is 1.83. The number of rotatable bonds is 8. The average Bonchev–Trinajstić information content (AvgIpc) is 3.03. The van der Waals surface area contributed by atoms with Crippen LogP contribution in [0.5, 0.6) is 0 Å². The van der Waals surface area contributed by atoms with Gasteiger partial charge in [-0.15, -0.1) is 0 Å². The van der Waals surface area contributed by atoms with E-state index in [0.29, 0.717) is 5.56 Å². The van der Waals surface area contributed by atoms with E-state index in [9.17, 15) is 9.59 Å². The number of carbonyl (C=O) groups is 2. The van der Waals surface area contributed by atoms with Crippen molar-refractivity contribution in [2.45, 2.75) is 58.3 Å². The Kier molecular flexibility index (Phi) is 6.63. The van der Waals surface area contributed by atoms with Crippen molar-refractivity contribution >= 4 is 11.7 Å². The molecule has 0 heterocycles. The molecule has 0 atom stereocenters. The van der Waals surface area contributed by atoms with E-state index in [1.165, 1.54) is 32.1 Å². The Morgan fingerprint density at radius 1 is 1.09 bits per heavy atom. The number of hydrogen-bond acceptors (Lipinski definition) is 2. The van der Waals surface area contributed by atoms with Crippen LogP contribution in [0.25, 0.3) is 0 Å². The first-order valence-electron chi connectivity index (χ1n) is 8.52. The highest BCUT2D eigenvalue weighted by atomic mass is 16.2. The standard InChI is InChI=1S/C19H27NO2/c1-15-8-10-17(11-9-15)18(21)12-13-19(22)20-14-4-7-16-5-2-3-6-16/h8-11,16H,2-7,12-14H2,1H3,(H,20,22). The summed E-state index contributed by atoms with van der Waals surface area (Å²) in [5.74, 6) is 0.910. The van der Waals surface area contributed by atoms with Crippen LogP contribution in [0, 0.1) is 12.8 Å². The van der Waals surface area contributed by atoms with Crippen LogP contribution in [0.4, 0.5) is 0 Å². The van der Waals surface area contributed by atoms with E-state index in [1.807, 2.05) is 31.2 Å². The first-order chi connectivity index (χ1) is 10.6. The molecule has 120 valence electrons. The summed E-state index contributed by atoms with van der Waals surface area (Å²) in [6.45, 7) is 2.74. The predicted molar refractivity (Wildman–Crippen MR) is 88.9 cm³/mol. The SMILES string of the molecule is Cc1ccc(C(=O)CCC(=O)NCCCC2CCCC2)cc1. The van der Waals surface area contributed by atoms with E-state index >= 15 is 0 Å². The monoisotopic (exact) mass is 301 g/mol.